The number of fused-ring (bicyclic) bond motifs is 1. The maximum Gasteiger partial charge on any atom is 0.331 e. The molecule has 0 radical (unpaired) electrons. The number of nitrogens with zero attached hydrogens (tertiary/aromatic N) is 2. The van der Waals surface area contributed by atoms with Crippen LogP contribution in [0.1, 0.15) is 24.3 Å². The number of aryl methyl sites for hydroxylation is 2. The van der Waals surface area contributed by atoms with Gasteiger partial charge in [-0.05, 0) is 18.4 Å². The Bertz CT molecular complexity index is 785. The summed E-state index contributed by atoms with van der Waals surface area (Å²) in [5.41, 5.74) is 6.03. The molecule has 0 aromatic carbocycles. The van der Waals surface area contributed by atoms with Crippen molar-refractivity contribution in [3.8, 4) is 0 Å². The first-order valence-electron chi connectivity index (χ1n) is 7.51. The lowest BCUT2D eigenvalue weighted by Gasteiger charge is -2.10. The highest BCUT2D eigenvalue weighted by molar-refractivity contribution is 7.18. The maximum atomic E-state index is 12.7. The van der Waals surface area contributed by atoms with E-state index in [2.05, 4.69) is 5.32 Å². The van der Waals surface area contributed by atoms with E-state index in [-0.39, 0.29) is 17.2 Å². The summed E-state index contributed by atoms with van der Waals surface area (Å²) in [6.45, 7) is 8.35. The van der Waals surface area contributed by atoms with Gasteiger partial charge in [0.05, 0.1) is 5.39 Å². The Labute approximate surface area is 133 Å². The molecule has 0 spiro atoms. The molecule has 0 aliphatic rings. The summed E-state index contributed by atoms with van der Waals surface area (Å²) >= 11 is 1.50. The van der Waals surface area contributed by atoms with Gasteiger partial charge in [-0.1, -0.05) is 13.8 Å². The molecule has 0 aliphatic carbocycles. The Morgan fingerprint density at radius 3 is 2.59 bits per heavy atom. The average molecular weight is 324 g/mol. The van der Waals surface area contributed by atoms with Crippen LogP contribution in [-0.2, 0) is 20.1 Å². The van der Waals surface area contributed by atoms with Crippen LogP contribution < -0.4 is 22.3 Å². The Morgan fingerprint density at radius 2 is 2.00 bits per heavy atom. The topological polar surface area (TPSA) is 82.1 Å². The third kappa shape index (κ3) is 3.02. The van der Waals surface area contributed by atoms with Gasteiger partial charge in [-0.25, -0.2) is 4.79 Å². The number of hydrogen-bond acceptors (Lipinski definition) is 5. The second kappa shape index (κ2) is 6.76. The van der Waals surface area contributed by atoms with Crippen molar-refractivity contribution >= 4 is 21.6 Å². The fraction of sp³-hybridized carbons (Fsp3) is 0.600. The van der Waals surface area contributed by atoms with Gasteiger partial charge in [-0.15, -0.1) is 11.3 Å². The number of thiophene rings is 1. The first-order valence-corrected chi connectivity index (χ1v) is 8.32. The van der Waals surface area contributed by atoms with Gasteiger partial charge in [-0.3, -0.25) is 13.9 Å². The Hall–Kier alpha value is -1.44. The van der Waals surface area contributed by atoms with E-state index in [9.17, 15) is 9.59 Å². The number of hydrogen-bond donors (Lipinski definition) is 2. The molecule has 2 aromatic heterocycles. The zero-order valence-electron chi connectivity index (χ0n) is 13.6. The number of aromatic nitrogens is 2. The molecular formula is C15H24N4O2S. The minimum Gasteiger partial charge on any atom is -0.329 e. The standard InChI is InChI=1S/C15H24N4O2S/c1-9(2)8-19-13(20)12-10(3)11(7-17-6-5-16)22-14(12)18(4)15(19)21/h9,17H,5-8,16H2,1-4H3. The molecule has 2 rings (SSSR count). The van der Waals surface area contributed by atoms with Crippen LogP contribution in [0.2, 0.25) is 0 Å². The van der Waals surface area contributed by atoms with Crippen molar-refractivity contribution in [1.29, 1.82) is 0 Å². The average Bonchev–Trinajstić information content (AvgIpc) is 2.79. The van der Waals surface area contributed by atoms with E-state index in [0.29, 0.717) is 25.0 Å². The molecule has 0 aliphatic heterocycles. The van der Waals surface area contributed by atoms with Crippen LogP contribution in [0.25, 0.3) is 10.2 Å². The normalized spacial score (nSPS) is 11.7. The quantitative estimate of drug-likeness (QED) is 0.769. The monoisotopic (exact) mass is 324 g/mol. The van der Waals surface area contributed by atoms with Gasteiger partial charge in [-0.2, -0.15) is 0 Å². The molecule has 0 amide bonds. The Kier molecular flexibility index (Phi) is 5.20. The molecule has 122 valence electrons. The highest BCUT2D eigenvalue weighted by Crippen LogP contribution is 2.27. The predicted molar refractivity (Wildman–Crippen MR) is 91.7 cm³/mol. The lowest BCUT2D eigenvalue weighted by molar-refractivity contribution is 0.486. The fourth-order valence-corrected chi connectivity index (χ4v) is 3.74. The van der Waals surface area contributed by atoms with Gasteiger partial charge >= 0.3 is 5.69 Å². The van der Waals surface area contributed by atoms with Gasteiger partial charge in [0.2, 0.25) is 0 Å². The Balaban J connectivity index is 2.62. The minimum atomic E-state index is -0.242. The van der Waals surface area contributed by atoms with Crippen LogP contribution in [-0.4, -0.2) is 22.2 Å². The summed E-state index contributed by atoms with van der Waals surface area (Å²) in [6.07, 6.45) is 0. The van der Waals surface area contributed by atoms with Crippen molar-refractivity contribution in [2.75, 3.05) is 13.1 Å². The molecule has 22 heavy (non-hydrogen) atoms. The molecule has 6 nitrogen and oxygen atoms in total. The fourth-order valence-electron chi connectivity index (χ4n) is 2.52. The van der Waals surface area contributed by atoms with Gasteiger partial charge in [0.1, 0.15) is 4.83 Å². The summed E-state index contributed by atoms with van der Waals surface area (Å²) < 4.78 is 2.94. The van der Waals surface area contributed by atoms with E-state index in [1.165, 1.54) is 15.9 Å². The van der Waals surface area contributed by atoms with E-state index in [1.807, 2.05) is 20.8 Å². The first kappa shape index (κ1) is 16.9. The molecule has 2 aromatic rings. The van der Waals surface area contributed by atoms with Gasteiger partial charge in [0.25, 0.3) is 5.56 Å². The third-order valence-electron chi connectivity index (χ3n) is 3.66. The number of rotatable bonds is 6. The lowest BCUT2D eigenvalue weighted by atomic mass is 10.2. The molecule has 3 N–H and O–H groups in total. The van der Waals surface area contributed by atoms with Crippen molar-refractivity contribution in [2.24, 2.45) is 18.7 Å². The van der Waals surface area contributed by atoms with E-state index >= 15 is 0 Å². The zero-order valence-corrected chi connectivity index (χ0v) is 14.4. The molecule has 0 bridgehead atoms. The van der Waals surface area contributed by atoms with E-state index in [0.717, 1.165) is 21.8 Å². The molecule has 2 heterocycles. The Morgan fingerprint density at radius 1 is 1.32 bits per heavy atom. The third-order valence-corrected chi connectivity index (χ3v) is 5.03. The SMILES string of the molecule is Cc1c(CNCCN)sc2c1c(=O)n(CC(C)C)c(=O)n2C. The van der Waals surface area contributed by atoms with Gasteiger partial charge in [0, 0.05) is 38.1 Å². The number of nitrogens with two attached hydrogens (primary N) is 1. The lowest BCUT2D eigenvalue weighted by Crippen LogP contribution is -2.39. The second-order valence-electron chi connectivity index (χ2n) is 5.95. The predicted octanol–water partition coefficient (Wildman–Crippen LogP) is 0.774. The van der Waals surface area contributed by atoms with Crippen LogP contribution in [0.15, 0.2) is 9.59 Å². The highest BCUT2D eigenvalue weighted by atomic mass is 32.1. The van der Waals surface area contributed by atoms with Gasteiger partial charge < -0.3 is 11.1 Å². The largest absolute Gasteiger partial charge is 0.331 e. The minimum absolute atomic E-state index is 0.175. The smallest absolute Gasteiger partial charge is 0.329 e. The summed E-state index contributed by atoms with van der Waals surface area (Å²) in [6, 6.07) is 0. The molecule has 0 fully saturated rings. The molecule has 0 atom stereocenters. The van der Waals surface area contributed by atoms with E-state index in [1.54, 1.807) is 11.6 Å². The first-order chi connectivity index (χ1) is 10.4. The summed E-state index contributed by atoms with van der Waals surface area (Å²) in [7, 11) is 1.73. The molecular weight excluding hydrogens is 300 g/mol. The van der Waals surface area contributed by atoms with Crippen LogP contribution in [0.5, 0.6) is 0 Å². The molecule has 7 heteroatoms. The van der Waals surface area contributed by atoms with E-state index < -0.39 is 0 Å². The maximum absolute atomic E-state index is 12.7. The summed E-state index contributed by atoms with van der Waals surface area (Å²) in [5.74, 6) is 0.243. The van der Waals surface area contributed by atoms with Crippen LogP contribution in [0.4, 0.5) is 0 Å². The van der Waals surface area contributed by atoms with Crippen LogP contribution in [0, 0.1) is 12.8 Å². The highest BCUT2D eigenvalue weighted by Gasteiger charge is 2.18. The van der Waals surface area contributed by atoms with Crippen LogP contribution >= 0.6 is 11.3 Å². The van der Waals surface area contributed by atoms with Crippen LogP contribution in [0.3, 0.4) is 0 Å². The number of nitrogens with one attached hydrogen (secondary N) is 1. The zero-order chi connectivity index (χ0) is 16.4. The van der Waals surface area contributed by atoms with Gasteiger partial charge in [0.15, 0.2) is 0 Å². The summed E-state index contributed by atoms with van der Waals surface area (Å²) in [4.78, 5) is 27.0. The van der Waals surface area contributed by atoms with E-state index in [4.69, 9.17) is 5.73 Å². The molecule has 0 unspecified atom stereocenters. The molecule has 0 saturated carbocycles. The van der Waals surface area contributed by atoms with Crippen molar-refractivity contribution < 1.29 is 0 Å². The van der Waals surface area contributed by atoms with Crippen molar-refractivity contribution in [1.82, 2.24) is 14.5 Å². The summed E-state index contributed by atoms with van der Waals surface area (Å²) in [5, 5.41) is 3.91. The van der Waals surface area contributed by atoms with Crippen molar-refractivity contribution in [2.45, 2.75) is 33.9 Å². The van der Waals surface area contributed by atoms with Crippen molar-refractivity contribution in [3.05, 3.63) is 31.3 Å². The molecule has 0 saturated heterocycles. The van der Waals surface area contributed by atoms with Crippen molar-refractivity contribution in [3.63, 3.8) is 0 Å². The second-order valence-corrected chi connectivity index (χ2v) is 7.03.